The summed E-state index contributed by atoms with van der Waals surface area (Å²) in [5.41, 5.74) is 18.1. The predicted molar refractivity (Wildman–Crippen MR) is 276 cm³/mol. The molecule has 4 aromatic carbocycles. The summed E-state index contributed by atoms with van der Waals surface area (Å²) >= 11 is 0. The molecule has 4 heterocycles. The topological polar surface area (TPSA) is 39.8 Å². The molecule has 3 saturated carbocycles. The number of aromatic amines is 2. The molecule has 4 nitrogen and oxygen atoms in total. The first-order valence-electron chi connectivity index (χ1n) is 27.2. The van der Waals surface area contributed by atoms with Gasteiger partial charge in [0.15, 0.2) is 0 Å². The summed E-state index contributed by atoms with van der Waals surface area (Å²) < 4.78 is 3.22. The monoisotopic (exact) mass is 883 g/mol. The predicted octanol–water partition coefficient (Wildman–Crippen LogP) is 16.3. The molecule has 9 unspecified atom stereocenters. The van der Waals surface area contributed by atoms with E-state index in [1.54, 1.807) is 44.7 Å². The van der Waals surface area contributed by atoms with Crippen molar-refractivity contribution in [2.45, 2.75) is 165 Å². The van der Waals surface area contributed by atoms with Gasteiger partial charge in [-0.2, -0.15) is 0 Å². The van der Waals surface area contributed by atoms with E-state index in [1.165, 1.54) is 129 Å². The number of para-hydroxylation sites is 4. The number of hydrogen-bond donors (Lipinski definition) is 2. The molecule has 4 heteroatoms. The molecule has 8 aliphatic rings. The van der Waals surface area contributed by atoms with Crippen molar-refractivity contribution in [3.8, 4) is 0 Å². The Bertz CT molecular complexity index is 3140. The van der Waals surface area contributed by atoms with Crippen LogP contribution in [-0.2, 0) is 12.8 Å². The van der Waals surface area contributed by atoms with Crippen molar-refractivity contribution in [1.29, 1.82) is 0 Å². The first-order valence-corrected chi connectivity index (χ1v) is 27.2. The van der Waals surface area contributed by atoms with Crippen LogP contribution in [0.1, 0.15) is 186 Å². The van der Waals surface area contributed by atoms with Gasteiger partial charge in [-0.05, 0) is 153 Å². The first kappa shape index (κ1) is 40.0. The van der Waals surface area contributed by atoms with Crippen LogP contribution in [0, 0.1) is 28.1 Å². The molecule has 0 spiro atoms. The fourth-order valence-corrected chi connectivity index (χ4v) is 17.8. The van der Waals surface area contributed by atoms with Gasteiger partial charge in [0.1, 0.15) is 0 Å². The van der Waals surface area contributed by atoms with Crippen LogP contribution in [0.15, 0.2) is 109 Å². The number of rotatable bonds is 6. The van der Waals surface area contributed by atoms with Crippen molar-refractivity contribution in [1.82, 2.24) is 14.5 Å². The van der Waals surface area contributed by atoms with E-state index >= 15 is 0 Å². The van der Waals surface area contributed by atoms with E-state index in [4.69, 9.17) is 0 Å². The Morgan fingerprint density at radius 2 is 1.30 bits per heavy atom. The Morgan fingerprint density at radius 1 is 0.597 bits per heavy atom. The van der Waals surface area contributed by atoms with E-state index in [0.29, 0.717) is 52.4 Å². The lowest BCUT2D eigenvalue weighted by molar-refractivity contribution is -0.00969. The lowest BCUT2D eigenvalue weighted by atomic mass is 9.48. The molecule has 3 aromatic heterocycles. The number of H-pyrrole nitrogens is 2. The second-order valence-electron chi connectivity index (χ2n) is 24.5. The summed E-state index contributed by atoms with van der Waals surface area (Å²) in [5, 5.41) is 4.50. The highest BCUT2D eigenvalue weighted by atomic mass is 15.3. The minimum Gasteiger partial charge on any atom is -0.358 e. The van der Waals surface area contributed by atoms with Gasteiger partial charge in [0.2, 0.25) is 0 Å². The molecule has 1 aliphatic heterocycles. The smallest absolute Gasteiger partial charge is 0.0780 e. The summed E-state index contributed by atoms with van der Waals surface area (Å²) in [6, 6.07) is 39.5. The van der Waals surface area contributed by atoms with Crippen LogP contribution < -0.4 is 4.90 Å². The molecule has 15 rings (SSSR count). The van der Waals surface area contributed by atoms with Crippen LogP contribution >= 0.6 is 0 Å². The summed E-state index contributed by atoms with van der Waals surface area (Å²) in [5.74, 6) is 2.74. The van der Waals surface area contributed by atoms with Crippen molar-refractivity contribution in [3.63, 3.8) is 0 Å². The van der Waals surface area contributed by atoms with Gasteiger partial charge < -0.3 is 19.4 Å². The van der Waals surface area contributed by atoms with Gasteiger partial charge in [0.25, 0.3) is 0 Å². The van der Waals surface area contributed by atoms with Crippen molar-refractivity contribution in [3.05, 3.63) is 149 Å². The molecule has 67 heavy (non-hydrogen) atoms. The Hall–Kier alpha value is -4.96. The van der Waals surface area contributed by atoms with E-state index in [1.807, 2.05) is 0 Å². The third-order valence-corrected chi connectivity index (χ3v) is 21.2. The summed E-state index contributed by atoms with van der Waals surface area (Å²) in [7, 11) is 0. The van der Waals surface area contributed by atoms with E-state index < -0.39 is 0 Å². The van der Waals surface area contributed by atoms with Crippen LogP contribution in [0.25, 0.3) is 32.7 Å². The normalized spacial score (nSPS) is 31.9. The van der Waals surface area contributed by atoms with E-state index in [2.05, 4.69) is 149 Å². The van der Waals surface area contributed by atoms with E-state index in [-0.39, 0.29) is 17.5 Å². The average molecular weight is 883 g/mol. The van der Waals surface area contributed by atoms with Crippen LogP contribution in [0.3, 0.4) is 0 Å². The number of aromatic nitrogens is 3. The van der Waals surface area contributed by atoms with Crippen molar-refractivity contribution < 1.29 is 0 Å². The molecule has 0 amide bonds. The second-order valence-corrected chi connectivity index (χ2v) is 24.5. The number of hydrogen-bond acceptors (Lipinski definition) is 1. The summed E-state index contributed by atoms with van der Waals surface area (Å²) in [6.07, 6.45) is 25.9. The SMILES string of the molecule is CC1(C2CCCc3c2n(C2C(C4c5[nH]c6ccccc6c5CCC4C4(C)CCC4)C(C4(C)CCCC4)c4[nH]c5ccccc5c4C2N2c4ccccc4C4C=CCCC42)c2ccccc32)CC1. The third-order valence-electron chi connectivity index (χ3n) is 21.2. The highest BCUT2D eigenvalue weighted by Gasteiger charge is 2.63. The molecule has 7 aliphatic carbocycles. The lowest BCUT2D eigenvalue weighted by Crippen LogP contribution is -2.53. The zero-order chi connectivity index (χ0) is 44.4. The molecule has 7 aromatic rings. The van der Waals surface area contributed by atoms with Crippen molar-refractivity contribution >= 4 is 38.4 Å². The van der Waals surface area contributed by atoms with Crippen LogP contribution in [0.2, 0.25) is 0 Å². The Balaban J connectivity index is 1.12. The van der Waals surface area contributed by atoms with Gasteiger partial charge in [-0.25, -0.2) is 0 Å². The number of nitrogens with zero attached hydrogens (tertiary/aromatic N) is 2. The highest BCUT2D eigenvalue weighted by molar-refractivity contribution is 5.90. The van der Waals surface area contributed by atoms with Gasteiger partial charge >= 0.3 is 0 Å². The molecule has 0 bridgehead atoms. The quantitative estimate of drug-likeness (QED) is 0.161. The number of fused-ring (bicyclic) bond motifs is 12. The van der Waals surface area contributed by atoms with Crippen LogP contribution in [0.5, 0.6) is 0 Å². The Kier molecular flexibility index (Phi) is 8.53. The summed E-state index contributed by atoms with van der Waals surface area (Å²) in [6.45, 7) is 8.19. The summed E-state index contributed by atoms with van der Waals surface area (Å²) in [4.78, 5) is 12.0. The van der Waals surface area contributed by atoms with Crippen LogP contribution in [-0.4, -0.2) is 20.6 Å². The highest BCUT2D eigenvalue weighted by Crippen LogP contribution is 2.71. The van der Waals surface area contributed by atoms with E-state index in [0.717, 1.165) is 6.42 Å². The lowest BCUT2D eigenvalue weighted by Gasteiger charge is -2.59. The molecule has 9 atom stereocenters. The molecular formula is C63H70N4. The molecule has 342 valence electrons. The molecular weight excluding hydrogens is 813 g/mol. The fraction of sp³-hybridized carbons (Fsp3) is 0.492. The standard InChI is InChI=1S/C63H70N4/c1-61(34-17-35-61)45-31-30-42-38-18-4-9-25-47(38)64-56(42)53(45)54-55(63(3)32-14-15-33-63)57-52(44-22-5-10-26-48(44)65-57)59(66-49-27-11-6-19-39(49)40-20-7-12-28-50(40)66)60(54)67-51-29-13-8-21-41(51)43-23-16-24-46(58(43)67)62(2)36-37-62/h4-11,13,18-22,25-27,29,40,45-46,50,53-55,59-60,64-65H,12,14-17,23-24,28,30-37H2,1-3H3. The number of aryl methyl sites for hydroxylation is 2. The molecule has 0 radical (unpaired) electrons. The van der Waals surface area contributed by atoms with Gasteiger partial charge in [-0.1, -0.05) is 125 Å². The van der Waals surface area contributed by atoms with Gasteiger partial charge in [0, 0.05) is 90.8 Å². The third kappa shape index (κ3) is 5.48. The number of benzene rings is 4. The number of nitrogens with one attached hydrogen (secondary N) is 2. The van der Waals surface area contributed by atoms with Gasteiger partial charge in [0.05, 0.1) is 12.1 Å². The zero-order valence-electron chi connectivity index (χ0n) is 40.3. The Labute approximate surface area is 398 Å². The molecule has 2 N–H and O–H groups in total. The fourth-order valence-electron chi connectivity index (χ4n) is 17.8. The largest absolute Gasteiger partial charge is 0.358 e. The second kappa shape index (κ2) is 14.3. The maximum atomic E-state index is 4.47. The first-order chi connectivity index (χ1) is 32.8. The van der Waals surface area contributed by atoms with Crippen molar-refractivity contribution in [2.24, 2.45) is 28.1 Å². The van der Waals surface area contributed by atoms with Crippen LogP contribution in [0.4, 0.5) is 5.69 Å². The van der Waals surface area contributed by atoms with Gasteiger partial charge in [-0.15, -0.1) is 0 Å². The number of anilines is 1. The zero-order valence-corrected chi connectivity index (χ0v) is 40.3. The number of allylic oxidation sites excluding steroid dienone is 1. The maximum absolute atomic E-state index is 4.47. The molecule has 0 saturated heterocycles. The van der Waals surface area contributed by atoms with E-state index in [9.17, 15) is 0 Å². The minimum absolute atomic E-state index is 0.152. The Morgan fingerprint density at radius 3 is 2.09 bits per heavy atom. The maximum Gasteiger partial charge on any atom is 0.0780 e. The van der Waals surface area contributed by atoms with Crippen molar-refractivity contribution in [2.75, 3.05) is 4.90 Å². The molecule has 3 fully saturated rings. The minimum atomic E-state index is 0.152. The van der Waals surface area contributed by atoms with Gasteiger partial charge in [-0.3, -0.25) is 0 Å². The average Bonchev–Trinajstić information content (AvgIpc) is 3.82.